The number of hydrogen-bond acceptors (Lipinski definition) is 6. The van der Waals surface area contributed by atoms with Crippen molar-refractivity contribution in [2.24, 2.45) is 0 Å². The minimum absolute atomic E-state index is 0.126. The van der Waals surface area contributed by atoms with Gasteiger partial charge >= 0.3 is 5.51 Å². The Morgan fingerprint density at radius 3 is 2.40 bits per heavy atom. The second kappa shape index (κ2) is 9.71. The van der Waals surface area contributed by atoms with Gasteiger partial charge in [0.1, 0.15) is 5.82 Å². The van der Waals surface area contributed by atoms with Crippen LogP contribution in [-0.2, 0) is 16.6 Å². The summed E-state index contributed by atoms with van der Waals surface area (Å²) in [4.78, 5) is 8.81. The van der Waals surface area contributed by atoms with Crippen LogP contribution in [0.2, 0.25) is 0 Å². The molecule has 0 saturated carbocycles. The van der Waals surface area contributed by atoms with Gasteiger partial charge in [-0.05, 0) is 79.7 Å². The van der Waals surface area contributed by atoms with E-state index in [0.717, 1.165) is 11.3 Å². The van der Waals surface area contributed by atoms with Crippen molar-refractivity contribution in [3.8, 4) is 0 Å². The van der Waals surface area contributed by atoms with Gasteiger partial charge in [0.2, 0.25) is 0 Å². The highest BCUT2D eigenvalue weighted by Crippen LogP contribution is 2.38. The van der Waals surface area contributed by atoms with Crippen LogP contribution in [0, 0.1) is 0 Å². The molecule has 0 radical (unpaired) electrons. The topological polar surface area (TPSA) is 65.5 Å². The molecule has 0 aliphatic carbocycles. The molecule has 0 bridgehead atoms. The number of nitrogens with zero attached hydrogens (tertiary/aromatic N) is 3. The van der Waals surface area contributed by atoms with Crippen LogP contribution >= 0.6 is 11.8 Å². The van der Waals surface area contributed by atoms with Gasteiger partial charge in [0.15, 0.2) is 0 Å². The highest BCUT2D eigenvalue weighted by atomic mass is 32.2. The van der Waals surface area contributed by atoms with Crippen LogP contribution in [-0.4, -0.2) is 42.6 Å². The lowest BCUT2D eigenvalue weighted by Gasteiger charge is -2.29. The summed E-state index contributed by atoms with van der Waals surface area (Å²) in [5, 5.41) is 0. The maximum atomic E-state index is 12.6. The van der Waals surface area contributed by atoms with E-state index in [1.54, 1.807) is 42.6 Å². The van der Waals surface area contributed by atoms with Gasteiger partial charge in [-0.15, -0.1) is 0 Å². The van der Waals surface area contributed by atoms with E-state index in [9.17, 15) is 21.6 Å². The molecule has 35 heavy (non-hydrogen) atoms. The molecule has 1 N–H and O–H groups in total. The molecule has 4 rings (SSSR count). The Labute approximate surface area is 207 Å². The van der Waals surface area contributed by atoms with Gasteiger partial charge < -0.3 is 4.90 Å². The van der Waals surface area contributed by atoms with Gasteiger partial charge in [-0.2, -0.15) is 13.2 Å². The van der Waals surface area contributed by atoms with Crippen LogP contribution in [0.1, 0.15) is 19.4 Å². The van der Waals surface area contributed by atoms with Gasteiger partial charge in [0.05, 0.1) is 11.6 Å². The SMILES string of the molecule is CC1(C)CN(c2ccc(SC(F)(F)F)cc2)CN1Cc1ccnc(NS(=O)(=O)c2ccccc2)c1. The van der Waals surface area contributed by atoms with E-state index in [1.165, 1.54) is 24.3 Å². The molecule has 1 aliphatic rings. The van der Waals surface area contributed by atoms with Crippen molar-refractivity contribution in [3.05, 3.63) is 78.5 Å². The van der Waals surface area contributed by atoms with E-state index in [0.29, 0.717) is 19.8 Å². The standard InChI is InChI=1S/C24H25F3N4O2S2/c1-23(2)16-30(19-8-10-20(11-9-19)34-24(25,26)27)17-31(23)15-18-12-13-28-22(14-18)29-35(32,33)21-6-4-3-5-7-21/h3-14H,15-17H2,1-2H3,(H,28,29). The first-order valence-corrected chi connectivity index (χ1v) is 13.1. The fraction of sp³-hybridized carbons (Fsp3) is 0.292. The number of alkyl halides is 3. The van der Waals surface area contributed by atoms with E-state index in [2.05, 4.69) is 33.4 Å². The number of halogens is 3. The van der Waals surface area contributed by atoms with Gasteiger partial charge in [-0.3, -0.25) is 9.62 Å². The lowest BCUT2D eigenvalue weighted by molar-refractivity contribution is -0.0328. The minimum atomic E-state index is -4.31. The maximum Gasteiger partial charge on any atom is 0.446 e. The fourth-order valence-corrected chi connectivity index (χ4v) is 5.51. The van der Waals surface area contributed by atoms with Crippen molar-refractivity contribution in [2.75, 3.05) is 22.8 Å². The molecule has 186 valence electrons. The van der Waals surface area contributed by atoms with E-state index >= 15 is 0 Å². The Hall–Kier alpha value is -2.76. The van der Waals surface area contributed by atoms with E-state index < -0.39 is 15.5 Å². The number of pyridine rings is 1. The van der Waals surface area contributed by atoms with Crippen molar-refractivity contribution in [1.82, 2.24) is 9.88 Å². The van der Waals surface area contributed by atoms with E-state index in [-0.39, 0.29) is 32.9 Å². The smallest absolute Gasteiger partial charge is 0.357 e. The molecule has 0 unspecified atom stereocenters. The maximum absolute atomic E-state index is 12.6. The summed E-state index contributed by atoms with van der Waals surface area (Å²) in [6, 6.07) is 18.0. The highest BCUT2D eigenvalue weighted by molar-refractivity contribution is 8.00. The van der Waals surface area contributed by atoms with Gasteiger partial charge in [0, 0.05) is 35.4 Å². The molecule has 1 aliphatic heterocycles. The Kier molecular flexibility index (Phi) is 7.03. The number of benzene rings is 2. The number of sulfonamides is 1. The second-order valence-corrected chi connectivity index (χ2v) is 11.7. The summed E-state index contributed by atoms with van der Waals surface area (Å²) in [5.74, 6) is 0.234. The number of nitrogens with one attached hydrogen (secondary N) is 1. The fourth-order valence-electron chi connectivity index (χ4n) is 3.96. The molecule has 11 heteroatoms. The molecule has 2 heterocycles. The molecule has 0 atom stereocenters. The van der Waals surface area contributed by atoms with Crippen LogP contribution in [0.5, 0.6) is 0 Å². The van der Waals surface area contributed by atoms with E-state index in [1.807, 2.05) is 6.07 Å². The molecule has 1 aromatic heterocycles. The molecule has 2 aromatic carbocycles. The number of anilines is 2. The van der Waals surface area contributed by atoms with Crippen LogP contribution in [0.4, 0.5) is 24.7 Å². The Bertz CT molecular complexity index is 1270. The van der Waals surface area contributed by atoms with Crippen LogP contribution in [0.25, 0.3) is 0 Å². The van der Waals surface area contributed by atoms with Gasteiger partial charge in [-0.1, -0.05) is 18.2 Å². The Balaban J connectivity index is 1.45. The van der Waals surface area contributed by atoms with Gasteiger partial charge in [0.25, 0.3) is 10.0 Å². The van der Waals surface area contributed by atoms with E-state index in [4.69, 9.17) is 0 Å². The third-order valence-electron chi connectivity index (χ3n) is 5.70. The Morgan fingerprint density at radius 2 is 1.74 bits per heavy atom. The lowest BCUT2D eigenvalue weighted by atomic mass is 10.0. The predicted octanol–water partition coefficient (Wildman–Crippen LogP) is 5.55. The van der Waals surface area contributed by atoms with Crippen molar-refractivity contribution >= 4 is 33.3 Å². The first-order chi connectivity index (χ1) is 16.4. The van der Waals surface area contributed by atoms with Crippen LogP contribution in [0.3, 0.4) is 0 Å². The molecule has 1 saturated heterocycles. The van der Waals surface area contributed by atoms with Crippen molar-refractivity contribution in [1.29, 1.82) is 0 Å². The highest BCUT2D eigenvalue weighted by Gasteiger charge is 2.37. The molecular weight excluding hydrogens is 497 g/mol. The molecule has 0 spiro atoms. The summed E-state index contributed by atoms with van der Waals surface area (Å²) in [5.41, 5.74) is -2.80. The average molecular weight is 523 g/mol. The number of aromatic nitrogens is 1. The quantitative estimate of drug-likeness (QED) is 0.411. The summed E-state index contributed by atoms with van der Waals surface area (Å²) in [6.07, 6.45) is 1.57. The third kappa shape index (κ3) is 6.47. The first kappa shape index (κ1) is 25.3. The normalized spacial score (nSPS) is 16.4. The Morgan fingerprint density at radius 1 is 1.06 bits per heavy atom. The summed E-state index contributed by atoms with van der Waals surface area (Å²) in [6.45, 7) is 6.01. The first-order valence-electron chi connectivity index (χ1n) is 10.8. The monoisotopic (exact) mass is 522 g/mol. The largest absolute Gasteiger partial charge is 0.446 e. The zero-order chi connectivity index (χ0) is 25.3. The molecule has 3 aromatic rings. The summed E-state index contributed by atoms with van der Waals surface area (Å²) >= 11 is -0.126. The number of rotatable bonds is 7. The van der Waals surface area contributed by atoms with Crippen molar-refractivity contribution in [2.45, 2.75) is 41.2 Å². The lowest BCUT2D eigenvalue weighted by Crippen LogP contribution is -2.39. The summed E-state index contributed by atoms with van der Waals surface area (Å²) < 4.78 is 65.6. The number of thioether (sulfide) groups is 1. The average Bonchev–Trinajstić information content (AvgIpc) is 3.07. The number of hydrogen-bond donors (Lipinski definition) is 1. The molecule has 6 nitrogen and oxygen atoms in total. The second-order valence-electron chi connectivity index (χ2n) is 8.86. The molecular formula is C24H25F3N4O2S2. The molecule has 0 amide bonds. The van der Waals surface area contributed by atoms with Crippen molar-refractivity contribution < 1.29 is 21.6 Å². The molecule has 1 fully saturated rings. The van der Waals surface area contributed by atoms with Crippen molar-refractivity contribution in [3.63, 3.8) is 0 Å². The van der Waals surface area contributed by atoms with Crippen LogP contribution < -0.4 is 9.62 Å². The zero-order valence-corrected chi connectivity index (χ0v) is 20.8. The minimum Gasteiger partial charge on any atom is -0.357 e. The zero-order valence-electron chi connectivity index (χ0n) is 19.2. The van der Waals surface area contributed by atoms with Crippen LogP contribution in [0.15, 0.2) is 82.7 Å². The van der Waals surface area contributed by atoms with Gasteiger partial charge in [-0.25, -0.2) is 13.4 Å². The summed E-state index contributed by atoms with van der Waals surface area (Å²) in [7, 11) is -3.75. The third-order valence-corrected chi connectivity index (χ3v) is 7.81. The predicted molar refractivity (Wildman–Crippen MR) is 132 cm³/mol.